The fraction of sp³-hybridized carbons (Fsp3) is 0.333. The maximum atomic E-state index is 5.79. The van der Waals surface area contributed by atoms with Gasteiger partial charge in [0.2, 0.25) is 0 Å². The molecule has 0 saturated carbocycles. The second-order valence-electron chi connectivity index (χ2n) is 2.47. The highest BCUT2D eigenvalue weighted by Crippen LogP contribution is 2.27. The highest BCUT2D eigenvalue weighted by Gasteiger charge is 2.00. The van der Waals surface area contributed by atoms with Crippen LogP contribution >= 0.6 is 43.5 Å². The lowest BCUT2D eigenvalue weighted by molar-refractivity contribution is 0.317. The lowest BCUT2D eigenvalue weighted by atomic mass is 10.3. The van der Waals surface area contributed by atoms with Crippen molar-refractivity contribution in [2.45, 2.75) is 6.42 Å². The largest absolute Gasteiger partial charge is 0.492 e. The number of hydrogen-bond acceptors (Lipinski definition) is 1. The molecule has 0 unspecified atom stereocenters. The van der Waals surface area contributed by atoms with E-state index in [0.717, 1.165) is 22.0 Å². The monoisotopic (exact) mass is 326 g/mol. The number of benzene rings is 1. The van der Waals surface area contributed by atoms with E-state index in [1.165, 1.54) is 0 Å². The van der Waals surface area contributed by atoms with Gasteiger partial charge < -0.3 is 4.74 Å². The van der Waals surface area contributed by atoms with Crippen LogP contribution in [0.5, 0.6) is 5.75 Å². The molecule has 0 aliphatic heterocycles. The Kier molecular flexibility index (Phi) is 5.14. The van der Waals surface area contributed by atoms with Gasteiger partial charge >= 0.3 is 0 Å². The molecule has 4 heteroatoms. The summed E-state index contributed by atoms with van der Waals surface area (Å²) in [6.07, 6.45) is 0.995. The van der Waals surface area contributed by atoms with Gasteiger partial charge in [-0.25, -0.2) is 0 Å². The van der Waals surface area contributed by atoms with Crippen molar-refractivity contribution in [1.82, 2.24) is 0 Å². The van der Waals surface area contributed by atoms with Crippen molar-refractivity contribution < 1.29 is 4.74 Å². The molecule has 0 atom stereocenters. The maximum absolute atomic E-state index is 5.79. The van der Waals surface area contributed by atoms with Crippen LogP contribution in [0.1, 0.15) is 6.42 Å². The average Bonchev–Trinajstić information content (AvgIpc) is 2.09. The van der Waals surface area contributed by atoms with Gasteiger partial charge in [-0.2, -0.15) is 0 Å². The Balaban J connectivity index is 2.56. The van der Waals surface area contributed by atoms with Crippen molar-refractivity contribution in [1.29, 1.82) is 0 Å². The molecule has 0 amide bonds. The molecule has 72 valence electrons. The van der Waals surface area contributed by atoms with E-state index in [4.69, 9.17) is 16.3 Å². The lowest BCUT2D eigenvalue weighted by Gasteiger charge is -2.06. The van der Waals surface area contributed by atoms with Crippen molar-refractivity contribution in [2.24, 2.45) is 0 Å². The number of halogens is 3. The van der Waals surface area contributed by atoms with Crippen LogP contribution in [0.4, 0.5) is 0 Å². The first-order valence-corrected chi connectivity index (χ1v) is 6.17. The number of hydrogen-bond donors (Lipinski definition) is 0. The van der Waals surface area contributed by atoms with Crippen molar-refractivity contribution in [3.63, 3.8) is 0 Å². The highest BCUT2D eigenvalue weighted by atomic mass is 79.9. The maximum Gasteiger partial charge on any atom is 0.133 e. The molecule has 0 N–H and O–H groups in total. The van der Waals surface area contributed by atoms with Gasteiger partial charge in [0.1, 0.15) is 5.75 Å². The average molecular weight is 328 g/mol. The van der Waals surface area contributed by atoms with Crippen LogP contribution in [-0.2, 0) is 0 Å². The fourth-order valence-corrected chi connectivity index (χ4v) is 1.86. The van der Waals surface area contributed by atoms with E-state index in [1.54, 1.807) is 0 Å². The molecule has 0 saturated heterocycles. The second-order valence-corrected chi connectivity index (χ2v) is 4.55. The van der Waals surface area contributed by atoms with E-state index in [0.29, 0.717) is 11.6 Å². The summed E-state index contributed by atoms with van der Waals surface area (Å²) in [5.74, 6) is 0.838. The van der Waals surface area contributed by atoms with E-state index >= 15 is 0 Å². The number of ether oxygens (including phenoxy) is 1. The van der Waals surface area contributed by atoms with Gasteiger partial charge in [-0.1, -0.05) is 27.5 Å². The topological polar surface area (TPSA) is 9.23 Å². The third kappa shape index (κ3) is 3.88. The van der Waals surface area contributed by atoms with Crippen molar-refractivity contribution in [3.8, 4) is 5.75 Å². The Hall–Kier alpha value is 0.270. The van der Waals surface area contributed by atoms with Crippen molar-refractivity contribution in [2.75, 3.05) is 11.9 Å². The van der Waals surface area contributed by atoms with Gasteiger partial charge in [0.25, 0.3) is 0 Å². The third-order valence-electron chi connectivity index (χ3n) is 1.43. The van der Waals surface area contributed by atoms with Crippen LogP contribution in [0.25, 0.3) is 0 Å². The predicted octanol–water partition coefficient (Wildman–Crippen LogP) is 4.27. The lowest BCUT2D eigenvalue weighted by Crippen LogP contribution is -1.97. The molecular formula is C9H9Br2ClO. The Labute approximate surface area is 99.7 Å². The minimum Gasteiger partial charge on any atom is -0.492 e. The molecular weight excluding hydrogens is 319 g/mol. The summed E-state index contributed by atoms with van der Waals surface area (Å²) in [6.45, 7) is 0.714. The summed E-state index contributed by atoms with van der Waals surface area (Å²) in [5.41, 5.74) is 0. The molecule has 0 fully saturated rings. The van der Waals surface area contributed by atoms with Gasteiger partial charge in [0.05, 0.1) is 11.1 Å². The minimum atomic E-state index is 0.708. The summed E-state index contributed by atoms with van der Waals surface area (Å²) >= 11 is 12.5. The molecule has 0 bridgehead atoms. The van der Waals surface area contributed by atoms with Gasteiger partial charge in [-0.15, -0.1) is 0 Å². The van der Waals surface area contributed by atoms with Crippen LogP contribution < -0.4 is 4.74 Å². The molecule has 0 aliphatic rings. The summed E-state index contributed by atoms with van der Waals surface area (Å²) in [6, 6.07) is 5.50. The van der Waals surface area contributed by atoms with Crippen molar-refractivity contribution >= 4 is 43.5 Å². The summed E-state index contributed by atoms with van der Waals surface area (Å²) in [5, 5.41) is 1.66. The van der Waals surface area contributed by atoms with Crippen molar-refractivity contribution in [3.05, 3.63) is 27.7 Å². The molecule has 1 rings (SSSR count). The SMILES string of the molecule is Clc1ccc(OCCCBr)c(Br)c1. The molecule has 1 aromatic rings. The standard InChI is InChI=1S/C9H9Br2ClO/c10-4-1-5-13-9-3-2-7(12)6-8(9)11/h2-3,6H,1,4-5H2. The number of rotatable bonds is 4. The Morgan fingerprint density at radius 3 is 2.77 bits per heavy atom. The molecule has 0 aliphatic carbocycles. The minimum absolute atomic E-state index is 0.708. The number of alkyl halides is 1. The Bertz CT molecular complexity index is 278. The first-order valence-electron chi connectivity index (χ1n) is 3.88. The van der Waals surface area contributed by atoms with Gasteiger partial charge in [0.15, 0.2) is 0 Å². The zero-order chi connectivity index (χ0) is 9.68. The first kappa shape index (κ1) is 11.3. The second kappa shape index (κ2) is 5.89. The van der Waals surface area contributed by atoms with Gasteiger partial charge in [-0.05, 0) is 40.5 Å². The fourth-order valence-electron chi connectivity index (χ4n) is 0.829. The summed E-state index contributed by atoms with van der Waals surface area (Å²) < 4.78 is 6.39. The van der Waals surface area contributed by atoms with E-state index < -0.39 is 0 Å². The third-order valence-corrected chi connectivity index (χ3v) is 2.84. The van der Waals surface area contributed by atoms with E-state index in [2.05, 4.69) is 31.9 Å². The quantitative estimate of drug-likeness (QED) is 0.592. The zero-order valence-electron chi connectivity index (χ0n) is 6.90. The smallest absolute Gasteiger partial charge is 0.133 e. The van der Waals surface area contributed by atoms with Crippen LogP contribution in [0.3, 0.4) is 0 Å². The normalized spacial score (nSPS) is 10.1. The molecule has 0 spiro atoms. The highest BCUT2D eigenvalue weighted by molar-refractivity contribution is 9.10. The molecule has 0 radical (unpaired) electrons. The van der Waals surface area contributed by atoms with Gasteiger partial charge in [0, 0.05) is 10.4 Å². The molecule has 1 nitrogen and oxygen atoms in total. The molecule has 0 aromatic heterocycles. The van der Waals surface area contributed by atoms with Crippen LogP contribution in [-0.4, -0.2) is 11.9 Å². The predicted molar refractivity (Wildman–Crippen MR) is 63.1 cm³/mol. The summed E-state index contributed by atoms with van der Waals surface area (Å²) in [4.78, 5) is 0. The summed E-state index contributed by atoms with van der Waals surface area (Å²) in [7, 11) is 0. The van der Waals surface area contributed by atoms with Crippen LogP contribution in [0, 0.1) is 0 Å². The first-order chi connectivity index (χ1) is 6.24. The Morgan fingerprint density at radius 2 is 2.15 bits per heavy atom. The van der Waals surface area contributed by atoms with E-state index in [-0.39, 0.29) is 0 Å². The molecule has 0 heterocycles. The zero-order valence-corrected chi connectivity index (χ0v) is 10.8. The van der Waals surface area contributed by atoms with E-state index in [1.807, 2.05) is 18.2 Å². The molecule has 1 aromatic carbocycles. The molecule has 13 heavy (non-hydrogen) atoms. The Morgan fingerprint density at radius 1 is 1.38 bits per heavy atom. The van der Waals surface area contributed by atoms with Gasteiger partial charge in [-0.3, -0.25) is 0 Å². The van der Waals surface area contributed by atoms with Crippen LogP contribution in [0.15, 0.2) is 22.7 Å². The van der Waals surface area contributed by atoms with Crippen LogP contribution in [0.2, 0.25) is 5.02 Å². The van der Waals surface area contributed by atoms with E-state index in [9.17, 15) is 0 Å².